The Morgan fingerprint density at radius 2 is 1.71 bits per heavy atom. The van der Waals surface area contributed by atoms with E-state index < -0.39 is 44.7 Å². The third-order valence-electron chi connectivity index (χ3n) is 8.69. The van der Waals surface area contributed by atoms with Crippen molar-refractivity contribution >= 4 is 28.7 Å². The fourth-order valence-corrected chi connectivity index (χ4v) is 6.79. The van der Waals surface area contributed by atoms with Gasteiger partial charge in [-0.3, -0.25) is 4.79 Å². The van der Waals surface area contributed by atoms with Crippen molar-refractivity contribution in [2.24, 2.45) is 5.92 Å². The Morgan fingerprint density at radius 3 is 2.38 bits per heavy atom. The van der Waals surface area contributed by atoms with Gasteiger partial charge in [0.25, 0.3) is 5.91 Å². The first-order chi connectivity index (χ1) is 24.5. The molecule has 1 aliphatic carbocycles. The van der Waals surface area contributed by atoms with Crippen LogP contribution in [0.3, 0.4) is 0 Å². The van der Waals surface area contributed by atoms with Crippen LogP contribution in [0.2, 0.25) is 0 Å². The Balaban J connectivity index is 1.49. The third-order valence-corrected chi connectivity index (χ3v) is 10.3. The van der Waals surface area contributed by atoms with Crippen LogP contribution in [0.1, 0.15) is 106 Å². The number of hydrogen-bond donors (Lipinski definition) is 3. The molecule has 0 saturated heterocycles. The Hall–Kier alpha value is -4.86. The molecule has 1 aliphatic rings. The van der Waals surface area contributed by atoms with Gasteiger partial charge in [-0.05, 0) is 126 Å². The van der Waals surface area contributed by atoms with Gasteiger partial charge >= 0.3 is 6.09 Å². The minimum Gasteiger partial charge on any atom is -0.444 e. The van der Waals surface area contributed by atoms with Crippen molar-refractivity contribution in [3.63, 3.8) is 0 Å². The number of ether oxygens (including phenoxy) is 1. The molecule has 1 heterocycles. The van der Waals surface area contributed by atoms with E-state index in [4.69, 9.17) is 4.74 Å². The van der Waals surface area contributed by atoms with Crippen molar-refractivity contribution in [2.45, 2.75) is 96.6 Å². The summed E-state index contributed by atoms with van der Waals surface area (Å²) in [5, 5.41) is 19.8. The number of benzene rings is 3. The number of halogens is 1. The smallest absolute Gasteiger partial charge is 0.407 e. The maximum atomic E-state index is 15.7. The number of alkyl carbamates (subject to hydrolysis) is 1. The highest BCUT2D eigenvalue weighted by molar-refractivity contribution is 7.84. The summed E-state index contributed by atoms with van der Waals surface area (Å²) in [6.07, 6.45) is 3.04. The van der Waals surface area contributed by atoms with Gasteiger partial charge in [0, 0.05) is 6.54 Å². The summed E-state index contributed by atoms with van der Waals surface area (Å²) in [5.74, 6) is -0.706. The lowest BCUT2D eigenvalue weighted by molar-refractivity contribution is 0.0523. The lowest BCUT2D eigenvalue weighted by Gasteiger charge is -2.38. The van der Waals surface area contributed by atoms with Crippen LogP contribution in [-0.2, 0) is 27.8 Å². The SMILES string of the molecule is Cc1cc(C(=O)Nc2cc(C(CCC3CC3)(N[S@](=O)C(C)(C)C)c3cccc(C#N)c3)ccc2F)n(-c2cccc(CNC(=O)OC(C)(C)C)c2)n1. The maximum Gasteiger partial charge on any atom is 0.407 e. The van der Waals surface area contributed by atoms with E-state index in [1.54, 1.807) is 82.3 Å². The van der Waals surface area contributed by atoms with E-state index in [0.29, 0.717) is 34.8 Å². The molecule has 5 rings (SSSR count). The van der Waals surface area contributed by atoms with Crippen LogP contribution in [-0.4, -0.2) is 36.3 Å². The van der Waals surface area contributed by atoms with Gasteiger partial charge in [-0.25, -0.2) is 22.8 Å². The summed E-state index contributed by atoms with van der Waals surface area (Å²) in [7, 11) is -1.55. The fourth-order valence-electron chi connectivity index (χ4n) is 5.83. The number of carbonyl (C=O) groups is 2. The molecular formula is C40H47FN6O4S. The average Bonchev–Trinajstić information content (AvgIpc) is 3.83. The number of hydrogen-bond acceptors (Lipinski definition) is 6. The molecular weight excluding hydrogens is 680 g/mol. The zero-order chi connectivity index (χ0) is 37.8. The fraction of sp³-hybridized carbons (Fsp3) is 0.400. The molecule has 0 bridgehead atoms. The number of rotatable bonds is 12. The van der Waals surface area contributed by atoms with E-state index in [1.165, 1.54) is 10.7 Å². The number of carbonyl (C=O) groups excluding carboxylic acids is 2. The van der Waals surface area contributed by atoms with Crippen LogP contribution in [0.5, 0.6) is 0 Å². The van der Waals surface area contributed by atoms with Gasteiger partial charge < -0.3 is 15.4 Å². The highest BCUT2D eigenvalue weighted by Gasteiger charge is 2.40. The van der Waals surface area contributed by atoms with Crippen molar-refractivity contribution in [1.82, 2.24) is 19.8 Å². The molecule has 3 aromatic carbocycles. The molecule has 0 spiro atoms. The Morgan fingerprint density at radius 1 is 1.00 bits per heavy atom. The average molecular weight is 727 g/mol. The Labute approximate surface area is 307 Å². The van der Waals surface area contributed by atoms with Crippen LogP contribution in [0.25, 0.3) is 5.69 Å². The van der Waals surface area contributed by atoms with Gasteiger partial charge in [0.15, 0.2) is 0 Å². The summed E-state index contributed by atoms with van der Waals surface area (Å²) in [5.41, 5.74) is 2.09. The normalized spacial score (nSPS) is 14.9. The predicted molar refractivity (Wildman–Crippen MR) is 201 cm³/mol. The number of anilines is 1. The molecule has 1 unspecified atom stereocenters. The highest BCUT2D eigenvalue weighted by atomic mass is 32.2. The highest BCUT2D eigenvalue weighted by Crippen LogP contribution is 2.43. The van der Waals surface area contributed by atoms with Crippen molar-refractivity contribution in [3.05, 3.63) is 112 Å². The van der Waals surface area contributed by atoms with E-state index in [2.05, 4.69) is 26.5 Å². The maximum absolute atomic E-state index is 15.7. The summed E-state index contributed by atoms with van der Waals surface area (Å²) in [6, 6.07) is 22.7. The number of nitrogens with zero attached hydrogens (tertiary/aromatic N) is 3. The molecule has 274 valence electrons. The molecule has 1 aromatic heterocycles. The monoisotopic (exact) mass is 726 g/mol. The minimum absolute atomic E-state index is 0.0567. The Bertz CT molecular complexity index is 2020. The van der Waals surface area contributed by atoms with Gasteiger partial charge in [-0.1, -0.05) is 43.2 Å². The quantitative estimate of drug-likeness (QED) is 0.136. The second-order valence-corrected chi connectivity index (χ2v) is 17.3. The van der Waals surface area contributed by atoms with Gasteiger partial charge in [-0.2, -0.15) is 10.4 Å². The van der Waals surface area contributed by atoms with E-state index in [0.717, 1.165) is 30.4 Å². The van der Waals surface area contributed by atoms with E-state index >= 15 is 4.39 Å². The molecule has 10 nitrogen and oxygen atoms in total. The van der Waals surface area contributed by atoms with Crippen LogP contribution in [0.4, 0.5) is 14.9 Å². The lowest BCUT2D eigenvalue weighted by atomic mass is 9.79. The topological polar surface area (TPSA) is 138 Å². The third kappa shape index (κ3) is 9.52. The first-order valence-corrected chi connectivity index (χ1v) is 18.6. The number of nitrogens with one attached hydrogen (secondary N) is 3. The minimum atomic E-state index is -1.55. The summed E-state index contributed by atoms with van der Waals surface area (Å²) in [6.45, 7) is 12.9. The molecule has 2 amide bonds. The molecule has 2 atom stereocenters. The number of nitriles is 1. The standard InChI is InChI=1S/C40H47FN6O4S/c1-26-20-35(47(45-26)32-13-9-11-29(22-32)25-43-37(49)51-38(2,3)4)36(48)44-34-23-31(16-17-33(34)41)40(19-18-27-14-15-27,46-52(50)39(5,6)7)30-12-8-10-28(21-30)24-42/h8-13,16-17,20-23,27,46H,14-15,18-19,25H2,1-7H3,(H,43,49)(H,44,48)/t40?,52-/m1/s1. The first-order valence-electron chi connectivity index (χ1n) is 17.4. The summed E-state index contributed by atoms with van der Waals surface area (Å²) in [4.78, 5) is 26.2. The number of aryl methyl sites for hydroxylation is 1. The molecule has 0 radical (unpaired) electrons. The second kappa shape index (κ2) is 15.4. The number of aromatic nitrogens is 2. The van der Waals surface area contributed by atoms with Crippen LogP contribution >= 0.6 is 0 Å². The predicted octanol–water partition coefficient (Wildman–Crippen LogP) is 7.95. The van der Waals surface area contributed by atoms with Crippen molar-refractivity contribution < 1.29 is 22.9 Å². The van der Waals surface area contributed by atoms with E-state index in [9.17, 15) is 19.1 Å². The van der Waals surface area contributed by atoms with Gasteiger partial charge in [0.05, 0.1) is 50.0 Å². The first kappa shape index (κ1) is 38.4. The van der Waals surface area contributed by atoms with Crippen LogP contribution < -0.4 is 15.4 Å². The summed E-state index contributed by atoms with van der Waals surface area (Å²) >= 11 is 0. The largest absolute Gasteiger partial charge is 0.444 e. The van der Waals surface area contributed by atoms with Crippen molar-refractivity contribution in [2.75, 3.05) is 5.32 Å². The Kier molecular flexibility index (Phi) is 11.4. The molecule has 1 saturated carbocycles. The van der Waals surface area contributed by atoms with Crippen LogP contribution in [0, 0.1) is 30.0 Å². The van der Waals surface area contributed by atoms with Gasteiger partial charge in [0.1, 0.15) is 17.1 Å². The zero-order valence-electron chi connectivity index (χ0n) is 30.8. The molecule has 12 heteroatoms. The molecule has 3 N–H and O–H groups in total. The van der Waals surface area contributed by atoms with E-state index in [1.807, 2.05) is 32.9 Å². The van der Waals surface area contributed by atoms with Gasteiger partial charge in [-0.15, -0.1) is 0 Å². The number of amides is 2. The van der Waals surface area contributed by atoms with Crippen molar-refractivity contribution in [3.8, 4) is 11.8 Å². The molecule has 4 aromatic rings. The van der Waals surface area contributed by atoms with E-state index in [-0.39, 0.29) is 17.9 Å². The lowest BCUT2D eigenvalue weighted by Crippen LogP contribution is -2.49. The molecule has 1 fully saturated rings. The second-order valence-electron chi connectivity index (χ2n) is 15.3. The van der Waals surface area contributed by atoms with Gasteiger partial charge in [0.2, 0.25) is 0 Å². The molecule has 52 heavy (non-hydrogen) atoms. The van der Waals surface area contributed by atoms with Crippen LogP contribution in [0.15, 0.2) is 72.8 Å². The zero-order valence-corrected chi connectivity index (χ0v) is 31.6. The van der Waals surface area contributed by atoms with Crippen molar-refractivity contribution in [1.29, 1.82) is 5.26 Å². The molecule has 0 aliphatic heterocycles. The summed E-state index contributed by atoms with van der Waals surface area (Å²) < 4.78 is 39.1.